The fraction of sp³-hybridized carbons (Fsp3) is 1.00. The molecule has 2 aliphatic carbocycles. The molecule has 3 aliphatic rings. The van der Waals surface area contributed by atoms with Gasteiger partial charge >= 0.3 is 0 Å². The Hall–Kier alpha value is -0.170. The van der Waals surface area contributed by atoms with E-state index >= 15 is 0 Å². The van der Waals surface area contributed by atoms with E-state index in [9.17, 15) is 8.42 Å². The van der Waals surface area contributed by atoms with Gasteiger partial charge in [-0.2, -0.15) is 12.7 Å². The zero-order chi connectivity index (χ0) is 14.9. The second-order valence-corrected chi connectivity index (χ2v) is 8.89. The summed E-state index contributed by atoms with van der Waals surface area (Å²) in [5.74, 6) is 1.25. The summed E-state index contributed by atoms with van der Waals surface area (Å²) in [6.07, 6.45) is 7.13. The van der Waals surface area contributed by atoms with Crippen molar-refractivity contribution in [2.24, 2.45) is 17.3 Å². The van der Waals surface area contributed by atoms with Crippen molar-refractivity contribution >= 4 is 10.2 Å². The van der Waals surface area contributed by atoms with E-state index in [4.69, 9.17) is 0 Å². The highest BCUT2D eigenvalue weighted by molar-refractivity contribution is 7.87. The number of rotatable bonds is 8. The summed E-state index contributed by atoms with van der Waals surface area (Å²) >= 11 is 0. The third kappa shape index (κ3) is 3.78. The minimum Gasteiger partial charge on any atom is -0.317 e. The first-order valence-electron chi connectivity index (χ1n) is 8.51. The van der Waals surface area contributed by atoms with Crippen molar-refractivity contribution in [1.29, 1.82) is 0 Å². The zero-order valence-corrected chi connectivity index (χ0v) is 13.9. The fourth-order valence-electron chi connectivity index (χ4n) is 3.67. The molecule has 5 nitrogen and oxygen atoms in total. The molecular weight excluding hydrogens is 286 g/mol. The lowest BCUT2D eigenvalue weighted by molar-refractivity contribution is 0.257. The van der Waals surface area contributed by atoms with Crippen LogP contribution >= 0.6 is 0 Å². The number of piperidine rings is 1. The predicted octanol–water partition coefficient (Wildman–Crippen LogP) is 1.33. The van der Waals surface area contributed by atoms with E-state index in [0.717, 1.165) is 31.8 Å². The maximum atomic E-state index is 12.5. The molecular formula is C15H29N3O2S. The van der Waals surface area contributed by atoms with E-state index in [2.05, 4.69) is 17.0 Å². The van der Waals surface area contributed by atoms with Crippen LogP contribution in [0.3, 0.4) is 0 Å². The molecule has 6 heteroatoms. The van der Waals surface area contributed by atoms with Crippen LogP contribution in [0.5, 0.6) is 0 Å². The Morgan fingerprint density at radius 3 is 2.62 bits per heavy atom. The third-order valence-corrected chi connectivity index (χ3v) is 6.97. The Kier molecular flexibility index (Phi) is 4.60. The molecule has 0 bridgehead atoms. The van der Waals surface area contributed by atoms with Crippen LogP contribution in [0.1, 0.15) is 45.4 Å². The van der Waals surface area contributed by atoms with Crippen LogP contribution in [-0.2, 0) is 10.2 Å². The van der Waals surface area contributed by atoms with Gasteiger partial charge in [0.05, 0.1) is 0 Å². The highest BCUT2D eigenvalue weighted by Crippen LogP contribution is 2.60. The van der Waals surface area contributed by atoms with E-state index in [0.29, 0.717) is 31.0 Å². The van der Waals surface area contributed by atoms with E-state index in [1.165, 1.54) is 25.7 Å². The quantitative estimate of drug-likeness (QED) is 0.710. The molecule has 2 saturated carbocycles. The van der Waals surface area contributed by atoms with Crippen molar-refractivity contribution in [2.75, 3.05) is 32.7 Å². The second-order valence-electron chi connectivity index (χ2n) is 7.14. The van der Waals surface area contributed by atoms with Gasteiger partial charge in [-0.05, 0) is 68.9 Å². The first-order chi connectivity index (χ1) is 10.1. The minimum absolute atomic E-state index is 0.325. The first-order valence-corrected chi connectivity index (χ1v) is 9.95. The largest absolute Gasteiger partial charge is 0.317 e. The summed E-state index contributed by atoms with van der Waals surface area (Å²) in [4.78, 5) is 0. The Morgan fingerprint density at radius 2 is 2.00 bits per heavy atom. The molecule has 0 aromatic rings. The van der Waals surface area contributed by atoms with Gasteiger partial charge in [0.1, 0.15) is 0 Å². The Bertz CT molecular complexity index is 458. The molecule has 3 fully saturated rings. The van der Waals surface area contributed by atoms with E-state index in [-0.39, 0.29) is 0 Å². The smallest absolute Gasteiger partial charge is 0.279 e. The lowest BCUT2D eigenvalue weighted by atomic mass is 10.00. The molecule has 122 valence electrons. The summed E-state index contributed by atoms with van der Waals surface area (Å²) < 4.78 is 29.6. The third-order valence-electron chi connectivity index (χ3n) is 5.45. The van der Waals surface area contributed by atoms with Gasteiger partial charge in [0.2, 0.25) is 0 Å². The van der Waals surface area contributed by atoms with Crippen LogP contribution in [0.15, 0.2) is 0 Å². The molecule has 0 aromatic heterocycles. The number of nitrogens with zero attached hydrogens (tertiary/aromatic N) is 1. The lowest BCUT2D eigenvalue weighted by Crippen LogP contribution is -2.48. The van der Waals surface area contributed by atoms with Crippen LogP contribution in [0.2, 0.25) is 0 Å². The standard InChI is InChI=1S/C15H29N3O2S/c1-2-16-10-13-4-3-9-18(11-13)21(19,20)17-12-15(7-8-15)14-5-6-14/h13-14,16-17H,2-12H2,1H3. The lowest BCUT2D eigenvalue weighted by Gasteiger charge is -2.32. The Balaban J connectivity index is 1.51. The summed E-state index contributed by atoms with van der Waals surface area (Å²) in [6.45, 7) is 5.97. The van der Waals surface area contributed by atoms with Gasteiger partial charge in [0, 0.05) is 19.6 Å². The monoisotopic (exact) mass is 315 g/mol. The van der Waals surface area contributed by atoms with Crippen molar-refractivity contribution in [1.82, 2.24) is 14.3 Å². The van der Waals surface area contributed by atoms with E-state index in [1.54, 1.807) is 4.31 Å². The zero-order valence-electron chi connectivity index (χ0n) is 13.1. The van der Waals surface area contributed by atoms with Gasteiger partial charge in [-0.1, -0.05) is 6.92 Å². The summed E-state index contributed by atoms with van der Waals surface area (Å²) in [7, 11) is -3.28. The van der Waals surface area contributed by atoms with Gasteiger partial charge < -0.3 is 5.32 Å². The number of hydrogen-bond donors (Lipinski definition) is 2. The van der Waals surface area contributed by atoms with Gasteiger partial charge in [-0.15, -0.1) is 0 Å². The van der Waals surface area contributed by atoms with Crippen molar-refractivity contribution in [3.63, 3.8) is 0 Å². The van der Waals surface area contributed by atoms with Crippen LogP contribution in [0.25, 0.3) is 0 Å². The van der Waals surface area contributed by atoms with Crippen LogP contribution in [-0.4, -0.2) is 45.4 Å². The average molecular weight is 315 g/mol. The number of hydrogen-bond acceptors (Lipinski definition) is 3. The Labute approximate surface area is 129 Å². The molecule has 0 radical (unpaired) electrons. The first kappa shape index (κ1) is 15.7. The molecule has 0 aromatic carbocycles. The molecule has 1 saturated heterocycles. The van der Waals surface area contributed by atoms with Crippen molar-refractivity contribution in [3.05, 3.63) is 0 Å². The highest BCUT2D eigenvalue weighted by Gasteiger charge is 2.54. The van der Waals surface area contributed by atoms with Gasteiger partial charge in [0.25, 0.3) is 10.2 Å². The minimum atomic E-state index is -3.28. The van der Waals surface area contributed by atoms with E-state index < -0.39 is 10.2 Å². The van der Waals surface area contributed by atoms with Crippen LogP contribution in [0.4, 0.5) is 0 Å². The topological polar surface area (TPSA) is 61.4 Å². The maximum absolute atomic E-state index is 12.5. The fourth-order valence-corrected chi connectivity index (χ4v) is 5.10. The van der Waals surface area contributed by atoms with Gasteiger partial charge in [0.15, 0.2) is 0 Å². The molecule has 2 N–H and O–H groups in total. The molecule has 1 unspecified atom stereocenters. The molecule has 0 spiro atoms. The van der Waals surface area contributed by atoms with Gasteiger partial charge in [-0.25, -0.2) is 4.72 Å². The molecule has 1 atom stereocenters. The molecule has 21 heavy (non-hydrogen) atoms. The molecule has 1 aliphatic heterocycles. The summed E-state index contributed by atoms with van der Waals surface area (Å²) in [6, 6.07) is 0. The average Bonchev–Trinajstić information content (AvgIpc) is 3.36. The predicted molar refractivity (Wildman–Crippen MR) is 84.2 cm³/mol. The molecule has 3 rings (SSSR count). The number of nitrogens with one attached hydrogen (secondary N) is 2. The summed E-state index contributed by atoms with van der Waals surface area (Å²) in [5.41, 5.74) is 0.325. The summed E-state index contributed by atoms with van der Waals surface area (Å²) in [5, 5.41) is 3.34. The van der Waals surface area contributed by atoms with Gasteiger partial charge in [-0.3, -0.25) is 0 Å². The molecule has 0 amide bonds. The van der Waals surface area contributed by atoms with Crippen LogP contribution < -0.4 is 10.0 Å². The van der Waals surface area contributed by atoms with E-state index in [1.807, 2.05) is 0 Å². The molecule has 1 heterocycles. The van der Waals surface area contributed by atoms with Crippen molar-refractivity contribution in [3.8, 4) is 0 Å². The highest BCUT2D eigenvalue weighted by atomic mass is 32.2. The normalized spacial score (nSPS) is 29.5. The van der Waals surface area contributed by atoms with Crippen molar-refractivity contribution in [2.45, 2.75) is 45.4 Å². The van der Waals surface area contributed by atoms with Crippen molar-refractivity contribution < 1.29 is 8.42 Å². The second kappa shape index (κ2) is 6.14. The van der Waals surface area contributed by atoms with Crippen LogP contribution in [0, 0.1) is 17.3 Å². The Morgan fingerprint density at radius 1 is 1.24 bits per heavy atom. The maximum Gasteiger partial charge on any atom is 0.279 e. The SMILES string of the molecule is CCNCC1CCCN(S(=O)(=O)NCC2(C3CC3)CC2)C1.